The zero-order chi connectivity index (χ0) is 11.7. The van der Waals surface area contributed by atoms with E-state index < -0.39 is 5.41 Å². The van der Waals surface area contributed by atoms with Crippen LogP contribution in [0, 0.1) is 5.41 Å². The Kier molecular flexibility index (Phi) is 7.56. The van der Waals surface area contributed by atoms with Crippen molar-refractivity contribution in [3.8, 4) is 0 Å². The number of rotatable bonds is 9. The van der Waals surface area contributed by atoms with Gasteiger partial charge >= 0.3 is 0 Å². The van der Waals surface area contributed by atoms with Gasteiger partial charge in [0.2, 0.25) is 0 Å². The minimum absolute atomic E-state index is 0.0494. The summed E-state index contributed by atoms with van der Waals surface area (Å²) >= 11 is 0. The van der Waals surface area contributed by atoms with Crippen LogP contribution in [-0.2, 0) is 4.79 Å². The van der Waals surface area contributed by atoms with Gasteiger partial charge in [0.25, 0.3) is 0 Å². The molecular formula is C11H22O4. The molecule has 4 heteroatoms. The number of aliphatic hydroxyl groups is 3. The van der Waals surface area contributed by atoms with Gasteiger partial charge in [-0.15, -0.1) is 0 Å². The van der Waals surface area contributed by atoms with Crippen molar-refractivity contribution in [1.82, 2.24) is 0 Å². The maximum absolute atomic E-state index is 11.5. The number of carbonyl (C=O) groups is 1. The topological polar surface area (TPSA) is 77.8 Å². The average Bonchev–Trinajstić information content (AvgIpc) is 2.26. The highest BCUT2D eigenvalue weighted by atomic mass is 16.3. The molecule has 0 spiro atoms. The van der Waals surface area contributed by atoms with E-state index in [1.165, 1.54) is 0 Å². The summed E-state index contributed by atoms with van der Waals surface area (Å²) in [5.41, 5.74) is -0.656. The first-order valence-corrected chi connectivity index (χ1v) is 5.48. The molecular weight excluding hydrogens is 196 g/mol. The van der Waals surface area contributed by atoms with Gasteiger partial charge in [-0.3, -0.25) is 4.79 Å². The third kappa shape index (κ3) is 5.25. The molecule has 0 atom stereocenters. The molecule has 0 aromatic rings. The standard InChI is InChI=1S/C11H22O4/c1-2-11(8-13,9-14)7-10(15)5-3-4-6-12/h12-14H,2-9H2,1H3. The van der Waals surface area contributed by atoms with E-state index in [2.05, 4.69) is 0 Å². The van der Waals surface area contributed by atoms with Crippen molar-refractivity contribution in [2.75, 3.05) is 19.8 Å². The molecule has 0 heterocycles. The van der Waals surface area contributed by atoms with Gasteiger partial charge in [0.05, 0.1) is 13.2 Å². The lowest BCUT2D eigenvalue weighted by Crippen LogP contribution is -2.31. The zero-order valence-electron chi connectivity index (χ0n) is 9.41. The first-order chi connectivity index (χ1) is 7.14. The molecule has 4 nitrogen and oxygen atoms in total. The minimum atomic E-state index is -0.656. The van der Waals surface area contributed by atoms with Gasteiger partial charge < -0.3 is 15.3 Å². The van der Waals surface area contributed by atoms with Crippen molar-refractivity contribution in [3.05, 3.63) is 0 Å². The zero-order valence-corrected chi connectivity index (χ0v) is 9.41. The van der Waals surface area contributed by atoms with E-state index in [4.69, 9.17) is 15.3 Å². The van der Waals surface area contributed by atoms with Crippen LogP contribution in [0.1, 0.15) is 39.0 Å². The fourth-order valence-corrected chi connectivity index (χ4v) is 1.45. The summed E-state index contributed by atoms with van der Waals surface area (Å²) < 4.78 is 0. The smallest absolute Gasteiger partial charge is 0.133 e. The number of Topliss-reactive ketones (excluding diaryl/α,β-unsaturated/α-hetero) is 1. The maximum atomic E-state index is 11.5. The molecule has 0 amide bonds. The fraction of sp³-hybridized carbons (Fsp3) is 0.909. The second kappa shape index (κ2) is 7.79. The Labute approximate surface area is 90.9 Å². The first kappa shape index (κ1) is 14.6. The molecule has 0 rings (SSSR count). The van der Waals surface area contributed by atoms with Gasteiger partial charge in [-0.05, 0) is 19.3 Å². The van der Waals surface area contributed by atoms with Gasteiger partial charge in [0.15, 0.2) is 0 Å². The van der Waals surface area contributed by atoms with Crippen molar-refractivity contribution < 1.29 is 20.1 Å². The Hall–Kier alpha value is -0.450. The third-order valence-corrected chi connectivity index (χ3v) is 2.86. The summed E-state index contributed by atoms with van der Waals surface area (Å²) in [5, 5.41) is 26.8. The van der Waals surface area contributed by atoms with Crippen molar-refractivity contribution in [2.45, 2.75) is 39.0 Å². The normalized spacial score (nSPS) is 11.7. The summed E-state index contributed by atoms with van der Waals surface area (Å²) in [6, 6.07) is 0. The Morgan fingerprint density at radius 3 is 2.13 bits per heavy atom. The molecule has 3 N–H and O–H groups in total. The van der Waals surface area contributed by atoms with Gasteiger partial charge in [0, 0.05) is 24.9 Å². The number of unbranched alkanes of at least 4 members (excludes halogenated alkanes) is 1. The van der Waals surface area contributed by atoms with E-state index in [1.807, 2.05) is 6.92 Å². The molecule has 0 radical (unpaired) electrons. The van der Waals surface area contributed by atoms with Crippen molar-refractivity contribution in [2.24, 2.45) is 5.41 Å². The Balaban J connectivity index is 4.00. The predicted octanol–water partition coefficient (Wildman–Crippen LogP) is 0.489. The van der Waals surface area contributed by atoms with Crippen molar-refractivity contribution >= 4 is 5.78 Å². The second-order valence-corrected chi connectivity index (χ2v) is 4.07. The van der Waals surface area contributed by atoms with E-state index in [-0.39, 0.29) is 32.0 Å². The Morgan fingerprint density at radius 2 is 1.73 bits per heavy atom. The molecule has 0 saturated heterocycles. The SMILES string of the molecule is CCC(CO)(CO)CC(=O)CCCCO. The molecule has 0 saturated carbocycles. The molecule has 0 aromatic carbocycles. The summed E-state index contributed by atoms with van der Waals surface area (Å²) in [7, 11) is 0. The molecule has 0 fully saturated rings. The van der Waals surface area contributed by atoms with Crippen LogP contribution in [0.2, 0.25) is 0 Å². The molecule has 90 valence electrons. The highest BCUT2D eigenvalue weighted by Crippen LogP contribution is 2.26. The van der Waals surface area contributed by atoms with Crippen LogP contribution in [-0.4, -0.2) is 40.9 Å². The number of carbonyl (C=O) groups excluding carboxylic acids is 1. The summed E-state index contributed by atoms with van der Waals surface area (Å²) in [4.78, 5) is 11.5. The highest BCUT2D eigenvalue weighted by molar-refractivity contribution is 5.79. The average molecular weight is 218 g/mol. The van der Waals surface area contributed by atoms with E-state index >= 15 is 0 Å². The fourth-order valence-electron chi connectivity index (χ4n) is 1.45. The first-order valence-electron chi connectivity index (χ1n) is 5.48. The summed E-state index contributed by atoms with van der Waals surface area (Å²) in [5.74, 6) is 0.0494. The van der Waals surface area contributed by atoms with Crippen LogP contribution in [0.25, 0.3) is 0 Å². The number of ketones is 1. The molecule has 0 aliphatic rings. The largest absolute Gasteiger partial charge is 0.396 e. The monoisotopic (exact) mass is 218 g/mol. The van der Waals surface area contributed by atoms with Crippen LogP contribution in [0.15, 0.2) is 0 Å². The van der Waals surface area contributed by atoms with Crippen molar-refractivity contribution in [1.29, 1.82) is 0 Å². The highest BCUT2D eigenvalue weighted by Gasteiger charge is 2.29. The lowest BCUT2D eigenvalue weighted by Gasteiger charge is -2.27. The van der Waals surface area contributed by atoms with Gasteiger partial charge in [-0.1, -0.05) is 6.92 Å². The number of aliphatic hydroxyl groups excluding tert-OH is 3. The number of hydrogen-bond acceptors (Lipinski definition) is 4. The molecule has 0 aromatic heterocycles. The van der Waals surface area contributed by atoms with Gasteiger partial charge in [0.1, 0.15) is 5.78 Å². The molecule has 15 heavy (non-hydrogen) atoms. The van der Waals surface area contributed by atoms with Crippen LogP contribution >= 0.6 is 0 Å². The molecule has 0 aliphatic heterocycles. The lowest BCUT2D eigenvalue weighted by atomic mass is 9.81. The predicted molar refractivity (Wildman–Crippen MR) is 57.5 cm³/mol. The van der Waals surface area contributed by atoms with E-state index in [0.29, 0.717) is 25.7 Å². The quantitative estimate of drug-likeness (QED) is 0.492. The number of hydrogen-bond donors (Lipinski definition) is 3. The van der Waals surface area contributed by atoms with Crippen molar-refractivity contribution in [3.63, 3.8) is 0 Å². The molecule has 0 bridgehead atoms. The third-order valence-electron chi connectivity index (χ3n) is 2.86. The summed E-state index contributed by atoms with van der Waals surface area (Å²) in [6.45, 7) is 1.64. The molecule has 0 unspecified atom stereocenters. The summed E-state index contributed by atoms with van der Waals surface area (Å²) in [6.07, 6.45) is 2.53. The van der Waals surface area contributed by atoms with Crippen LogP contribution in [0.5, 0.6) is 0 Å². The second-order valence-electron chi connectivity index (χ2n) is 4.07. The maximum Gasteiger partial charge on any atom is 0.133 e. The lowest BCUT2D eigenvalue weighted by molar-refractivity contribution is -0.123. The van der Waals surface area contributed by atoms with Gasteiger partial charge in [-0.25, -0.2) is 0 Å². The van der Waals surface area contributed by atoms with E-state index in [1.54, 1.807) is 0 Å². The van der Waals surface area contributed by atoms with Crippen LogP contribution in [0.3, 0.4) is 0 Å². The van der Waals surface area contributed by atoms with E-state index in [9.17, 15) is 4.79 Å². The van der Waals surface area contributed by atoms with E-state index in [0.717, 1.165) is 0 Å². The minimum Gasteiger partial charge on any atom is -0.396 e. The Bertz CT molecular complexity index is 167. The van der Waals surface area contributed by atoms with Crippen LogP contribution in [0.4, 0.5) is 0 Å². The van der Waals surface area contributed by atoms with Crippen LogP contribution < -0.4 is 0 Å². The Morgan fingerprint density at radius 1 is 1.13 bits per heavy atom. The van der Waals surface area contributed by atoms with Gasteiger partial charge in [-0.2, -0.15) is 0 Å². The molecule has 0 aliphatic carbocycles.